The molecular weight excluding hydrogens is 648 g/mol. The van der Waals surface area contributed by atoms with Gasteiger partial charge in [0.05, 0.1) is 6.42 Å². The van der Waals surface area contributed by atoms with Crippen molar-refractivity contribution < 1.29 is 67.1 Å². The molecule has 262 valence electrons. The smallest absolute Gasteiger partial charge is 0.407 e. The molecule has 2 aromatic rings. The maximum absolute atomic E-state index is 13.2. The van der Waals surface area contributed by atoms with Crippen LogP contribution in [0.3, 0.4) is 0 Å². The molecule has 4 rings (SSSR count). The first kappa shape index (κ1) is 36.3. The molecule has 16 heteroatoms. The van der Waals surface area contributed by atoms with E-state index in [1.165, 1.54) is 0 Å². The van der Waals surface area contributed by atoms with Crippen molar-refractivity contribution in [1.82, 2.24) is 10.6 Å². The van der Waals surface area contributed by atoms with Crippen LogP contribution in [0.5, 0.6) is 0 Å². The second kappa shape index (κ2) is 16.1. The monoisotopic (exact) mass is 684 g/mol. The molecule has 0 saturated carbocycles. The van der Waals surface area contributed by atoms with Crippen molar-refractivity contribution in [2.75, 3.05) is 13.2 Å². The lowest BCUT2D eigenvalue weighted by molar-refractivity contribution is -0.257. The van der Waals surface area contributed by atoms with Gasteiger partial charge in [-0.25, -0.2) is 9.59 Å². The largest absolute Gasteiger partial charge is 0.480 e. The van der Waals surface area contributed by atoms with E-state index in [1.807, 2.05) is 48.5 Å². The van der Waals surface area contributed by atoms with E-state index in [1.54, 1.807) is 0 Å². The number of hydrogen-bond donors (Lipinski definition) is 3. The molecule has 1 aliphatic carbocycles. The molecule has 0 radical (unpaired) electrons. The lowest BCUT2D eigenvalue weighted by atomic mass is 9.97. The van der Waals surface area contributed by atoms with Gasteiger partial charge < -0.3 is 44.2 Å². The number of fused-ring (bicyclic) bond motifs is 3. The molecule has 49 heavy (non-hydrogen) atoms. The molecular formula is C33H36N2O14. The van der Waals surface area contributed by atoms with Crippen LogP contribution in [0, 0.1) is 0 Å². The molecule has 1 aliphatic heterocycles. The maximum atomic E-state index is 13.2. The highest BCUT2D eigenvalue weighted by Gasteiger charge is 2.52. The van der Waals surface area contributed by atoms with Crippen molar-refractivity contribution in [3.8, 4) is 11.1 Å². The Hall–Kier alpha value is -5.51. The van der Waals surface area contributed by atoms with Crippen LogP contribution >= 0.6 is 0 Å². The second-order valence-corrected chi connectivity index (χ2v) is 11.3. The number of carbonyl (C=O) groups is 7. The molecule has 1 saturated heterocycles. The Labute approximate surface area is 280 Å². The van der Waals surface area contributed by atoms with Crippen molar-refractivity contribution in [3.05, 3.63) is 59.7 Å². The number of aliphatic carboxylic acids is 1. The van der Waals surface area contributed by atoms with E-state index in [9.17, 15) is 38.7 Å². The van der Waals surface area contributed by atoms with E-state index in [2.05, 4.69) is 10.6 Å². The molecule has 2 aromatic carbocycles. The Morgan fingerprint density at radius 3 is 1.78 bits per heavy atom. The van der Waals surface area contributed by atoms with Gasteiger partial charge in [0.1, 0.15) is 25.4 Å². The molecule has 0 bridgehead atoms. The third-order valence-corrected chi connectivity index (χ3v) is 7.62. The van der Waals surface area contributed by atoms with Gasteiger partial charge in [-0.1, -0.05) is 48.5 Å². The Kier molecular flexibility index (Phi) is 11.9. The number of hydrogen-bond acceptors (Lipinski definition) is 13. The summed E-state index contributed by atoms with van der Waals surface area (Å²) in [6.07, 6.45) is -9.53. The number of amides is 2. The average molecular weight is 685 g/mol. The van der Waals surface area contributed by atoms with E-state index < -0.39 is 91.6 Å². The highest BCUT2D eigenvalue weighted by Crippen LogP contribution is 2.44. The normalized spacial score (nSPS) is 21.5. The summed E-state index contributed by atoms with van der Waals surface area (Å²) in [5.74, 6) is -6.22. The summed E-state index contributed by atoms with van der Waals surface area (Å²) in [7, 11) is 0. The van der Waals surface area contributed by atoms with Gasteiger partial charge in [-0.3, -0.25) is 24.0 Å². The predicted octanol–water partition coefficient (Wildman–Crippen LogP) is 1.57. The van der Waals surface area contributed by atoms with Crippen LogP contribution in [0.25, 0.3) is 11.1 Å². The van der Waals surface area contributed by atoms with Crippen LogP contribution in [-0.4, -0.2) is 96.9 Å². The summed E-state index contributed by atoms with van der Waals surface area (Å²) in [5.41, 5.74) is 3.87. The highest BCUT2D eigenvalue weighted by molar-refractivity contribution is 5.87. The molecule has 2 aliphatic rings. The lowest BCUT2D eigenvalue weighted by Gasteiger charge is -2.44. The Bertz CT molecular complexity index is 1560. The molecule has 0 aromatic heterocycles. The van der Waals surface area contributed by atoms with Gasteiger partial charge in [0, 0.05) is 33.6 Å². The highest BCUT2D eigenvalue weighted by atomic mass is 16.7. The van der Waals surface area contributed by atoms with Crippen molar-refractivity contribution in [2.45, 2.75) is 76.7 Å². The quantitative estimate of drug-likeness (QED) is 0.214. The molecule has 6 atom stereocenters. The van der Waals surface area contributed by atoms with Crippen LogP contribution in [0.4, 0.5) is 4.79 Å². The summed E-state index contributed by atoms with van der Waals surface area (Å²) in [6, 6.07) is 13.5. The number of rotatable bonds is 12. The third kappa shape index (κ3) is 9.31. The van der Waals surface area contributed by atoms with Crippen molar-refractivity contribution in [1.29, 1.82) is 0 Å². The SMILES string of the molecule is CC(=O)OC[C@H]1O[C@@H](NC(=O)C[C@H](NC(=O)OCC2c3ccccc3-c3ccccc32)C(=O)O)[C@@H](OC(C)=O)[C@@H](OC(C)=O)[C@@H]1OC(C)=O. The molecule has 0 unspecified atom stereocenters. The summed E-state index contributed by atoms with van der Waals surface area (Å²) in [6.45, 7) is 3.57. The Morgan fingerprint density at radius 1 is 0.714 bits per heavy atom. The zero-order chi connectivity index (χ0) is 35.8. The average Bonchev–Trinajstić information content (AvgIpc) is 3.34. The van der Waals surface area contributed by atoms with E-state index in [-0.39, 0.29) is 12.5 Å². The Morgan fingerprint density at radius 2 is 1.24 bits per heavy atom. The van der Waals surface area contributed by atoms with Crippen molar-refractivity contribution in [3.63, 3.8) is 0 Å². The first-order valence-corrected chi connectivity index (χ1v) is 15.2. The van der Waals surface area contributed by atoms with E-state index >= 15 is 0 Å². The first-order valence-electron chi connectivity index (χ1n) is 15.2. The summed E-state index contributed by atoms with van der Waals surface area (Å²) >= 11 is 0. The summed E-state index contributed by atoms with van der Waals surface area (Å²) < 4.78 is 32.1. The number of carboxylic acid groups (broad SMARTS) is 1. The number of benzene rings is 2. The number of carbonyl (C=O) groups excluding carboxylic acids is 6. The fourth-order valence-electron chi connectivity index (χ4n) is 5.73. The van der Waals surface area contributed by atoms with Crippen LogP contribution in [0.2, 0.25) is 0 Å². The summed E-state index contributed by atoms with van der Waals surface area (Å²) in [5, 5.41) is 14.3. The number of esters is 4. The number of carboxylic acids is 1. The maximum Gasteiger partial charge on any atom is 0.407 e. The molecule has 3 N–H and O–H groups in total. The van der Waals surface area contributed by atoms with Gasteiger partial charge in [-0.05, 0) is 22.3 Å². The van der Waals surface area contributed by atoms with Crippen molar-refractivity contribution >= 4 is 41.8 Å². The molecule has 2 amide bonds. The third-order valence-electron chi connectivity index (χ3n) is 7.62. The fourth-order valence-corrected chi connectivity index (χ4v) is 5.73. The second-order valence-electron chi connectivity index (χ2n) is 11.3. The van der Waals surface area contributed by atoms with Gasteiger partial charge in [-0.2, -0.15) is 0 Å². The Balaban J connectivity index is 1.46. The van der Waals surface area contributed by atoms with Crippen LogP contribution in [-0.2, 0) is 57.2 Å². The van der Waals surface area contributed by atoms with Crippen LogP contribution in [0.15, 0.2) is 48.5 Å². The lowest BCUT2D eigenvalue weighted by Crippen LogP contribution is -2.66. The molecule has 0 spiro atoms. The number of ether oxygens (including phenoxy) is 6. The van der Waals surface area contributed by atoms with Gasteiger partial charge in [0.15, 0.2) is 24.5 Å². The van der Waals surface area contributed by atoms with E-state index in [4.69, 9.17) is 28.4 Å². The minimum Gasteiger partial charge on any atom is -0.480 e. The summed E-state index contributed by atoms with van der Waals surface area (Å²) in [4.78, 5) is 85.5. The predicted molar refractivity (Wildman–Crippen MR) is 164 cm³/mol. The van der Waals surface area contributed by atoms with E-state index in [0.717, 1.165) is 49.9 Å². The first-order chi connectivity index (χ1) is 23.2. The van der Waals surface area contributed by atoms with Gasteiger partial charge in [0.25, 0.3) is 0 Å². The molecule has 16 nitrogen and oxygen atoms in total. The van der Waals surface area contributed by atoms with Crippen molar-refractivity contribution in [2.24, 2.45) is 0 Å². The van der Waals surface area contributed by atoms with E-state index in [0.29, 0.717) is 0 Å². The number of alkyl carbamates (subject to hydrolysis) is 1. The minimum absolute atomic E-state index is 0.108. The van der Waals surface area contributed by atoms with Gasteiger partial charge >= 0.3 is 35.9 Å². The van der Waals surface area contributed by atoms with Crippen LogP contribution in [0.1, 0.15) is 51.2 Å². The fraction of sp³-hybridized carbons (Fsp3) is 0.424. The number of nitrogens with one attached hydrogen (secondary N) is 2. The topological polar surface area (TPSA) is 219 Å². The zero-order valence-corrected chi connectivity index (χ0v) is 27.0. The minimum atomic E-state index is -1.78. The van der Waals surface area contributed by atoms with Gasteiger partial charge in [-0.15, -0.1) is 0 Å². The zero-order valence-electron chi connectivity index (χ0n) is 27.0. The van der Waals surface area contributed by atoms with Gasteiger partial charge in [0.2, 0.25) is 5.91 Å². The standard InChI is InChI=1S/C33H36N2O14/c1-16(36)44-15-26-28(46-17(2)37)29(47-18(3)38)30(48-19(4)39)31(49-26)35-27(40)13-25(32(41)42)34-33(43)45-14-24-22-11-7-5-9-20(22)21-10-6-8-12-23(21)24/h5-12,24-26,28-31H,13-15H2,1-4H3,(H,34,43)(H,35,40)(H,41,42)/t25-,26+,28+,29-,30-,31+/m0/s1. The molecule has 1 fully saturated rings. The molecule has 1 heterocycles. The van der Waals surface area contributed by atoms with Crippen LogP contribution < -0.4 is 10.6 Å².